The minimum Gasteiger partial charge on any atom is -0.482 e. The molecule has 120 valence electrons. The summed E-state index contributed by atoms with van der Waals surface area (Å²) in [7, 11) is 0. The fourth-order valence-corrected chi connectivity index (χ4v) is 2.96. The van der Waals surface area contributed by atoms with Crippen LogP contribution in [0.25, 0.3) is 11.0 Å². The normalized spacial score (nSPS) is 13.1. The second-order valence-corrected chi connectivity index (χ2v) is 6.13. The minimum absolute atomic E-state index is 0.00737. The molecule has 0 unspecified atom stereocenters. The molecule has 2 N–H and O–H groups in total. The third-order valence-electron chi connectivity index (χ3n) is 3.59. The number of hydrogen-bond acceptors (Lipinski definition) is 4. The van der Waals surface area contributed by atoms with E-state index < -0.39 is 0 Å². The molecule has 0 radical (unpaired) electrons. The molecule has 0 aliphatic carbocycles. The molecule has 7 heteroatoms. The molecule has 1 aliphatic heterocycles. The van der Waals surface area contributed by atoms with Gasteiger partial charge in [0.25, 0.3) is 11.8 Å². The van der Waals surface area contributed by atoms with Crippen LogP contribution < -0.4 is 15.4 Å². The Balaban J connectivity index is 1.60. The topological polar surface area (TPSA) is 80.6 Å². The molecule has 0 atom stereocenters. The van der Waals surface area contributed by atoms with Gasteiger partial charge in [-0.05, 0) is 46.3 Å². The Labute approximate surface area is 144 Å². The van der Waals surface area contributed by atoms with Crippen molar-refractivity contribution in [2.45, 2.75) is 0 Å². The Hall–Kier alpha value is -2.80. The Morgan fingerprint density at radius 3 is 2.92 bits per heavy atom. The van der Waals surface area contributed by atoms with Gasteiger partial charge in [0.15, 0.2) is 12.4 Å². The number of fused-ring (bicyclic) bond motifs is 2. The van der Waals surface area contributed by atoms with Crippen LogP contribution in [0, 0.1) is 0 Å². The molecular weight excluding hydrogens is 376 g/mol. The maximum atomic E-state index is 12.4. The van der Waals surface area contributed by atoms with Crippen LogP contribution in [0.15, 0.2) is 51.4 Å². The van der Waals surface area contributed by atoms with Crippen LogP contribution in [0.3, 0.4) is 0 Å². The number of halogens is 1. The van der Waals surface area contributed by atoms with E-state index in [0.29, 0.717) is 22.7 Å². The van der Waals surface area contributed by atoms with Crippen molar-refractivity contribution in [2.75, 3.05) is 17.2 Å². The first-order valence-electron chi connectivity index (χ1n) is 7.16. The summed E-state index contributed by atoms with van der Waals surface area (Å²) in [5, 5.41) is 6.28. The standard InChI is InChI=1S/C17H11BrN2O4/c18-11-3-1-2-9-6-14(24-16(9)11)17(22)19-10-4-5-13-12(7-10)20-15(21)8-23-13/h1-7H,8H2,(H,19,22)(H,20,21). The van der Waals surface area contributed by atoms with Crippen molar-refractivity contribution in [2.24, 2.45) is 0 Å². The zero-order valence-corrected chi connectivity index (χ0v) is 13.8. The summed E-state index contributed by atoms with van der Waals surface area (Å²) < 4.78 is 11.7. The molecule has 0 saturated carbocycles. The fourth-order valence-electron chi connectivity index (χ4n) is 2.49. The van der Waals surface area contributed by atoms with Gasteiger partial charge in [-0.3, -0.25) is 9.59 Å². The summed E-state index contributed by atoms with van der Waals surface area (Å²) in [6.07, 6.45) is 0. The first-order chi connectivity index (χ1) is 11.6. The molecule has 0 saturated heterocycles. The number of hydrogen-bond donors (Lipinski definition) is 2. The molecule has 1 aliphatic rings. The van der Waals surface area contributed by atoms with Crippen molar-refractivity contribution in [3.05, 3.63) is 52.7 Å². The number of rotatable bonds is 2. The lowest BCUT2D eigenvalue weighted by Crippen LogP contribution is -2.25. The second kappa shape index (κ2) is 5.68. The van der Waals surface area contributed by atoms with Gasteiger partial charge in [-0.25, -0.2) is 0 Å². The second-order valence-electron chi connectivity index (χ2n) is 5.27. The molecular formula is C17H11BrN2O4. The Kier molecular flexibility index (Phi) is 3.50. The van der Waals surface area contributed by atoms with Crippen molar-refractivity contribution in [3.8, 4) is 5.75 Å². The Bertz CT molecular complexity index is 980. The number of benzene rings is 2. The Morgan fingerprint density at radius 2 is 2.08 bits per heavy atom. The van der Waals surface area contributed by atoms with E-state index in [1.165, 1.54) is 0 Å². The molecule has 1 aromatic heterocycles. The van der Waals surface area contributed by atoms with Gasteiger partial charge in [-0.15, -0.1) is 0 Å². The van der Waals surface area contributed by atoms with E-state index >= 15 is 0 Å². The summed E-state index contributed by atoms with van der Waals surface area (Å²) in [5.41, 5.74) is 1.68. The molecule has 24 heavy (non-hydrogen) atoms. The number of para-hydroxylation sites is 1. The van der Waals surface area contributed by atoms with Gasteiger partial charge in [0.05, 0.1) is 10.2 Å². The van der Waals surface area contributed by atoms with E-state index in [4.69, 9.17) is 9.15 Å². The predicted octanol–water partition coefficient (Wildman–Crippen LogP) is 3.78. The van der Waals surface area contributed by atoms with Crippen LogP contribution in [0.5, 0.6) is 5.75 Å². The molecule has 2 amide bonds. The van der Waals surface area contributed by atoms with E-state index in [0.717, 1.165) is 9.86 Å². The van der Waals surface area contributed by atoms with Crippen molar-refractivity contribution < 1.29 is 18.7 Å². The highest BCUT2D eigenvalue weighted by Gasteiger charge is 2.18. The SMILES string of the molecule is O=C1COc2ccc(NC(=O)c3cc4cccc(Br)c4o3)cc2N1. The van der Waals surface area contributed by atoms with Crippen molar-refractivity contribution in [1.82, 2.24) is 0 Å². The number of amides is 2. The third kappa shape index (κ3) is 2.63. The number of carbonyl (C=O) groups is 2. The highest BCUT2D eigenvalue weighted by Crippen LogP contribution is 2.31. The van der Waals surface area contributed by atoms with E-state index in [1.807, 2.05) is 18.2 Å². The molecule has 6 nitrogen and oxygen atoms in total. The van der Waals surface area contributed by atoms with Gasteiger partial charge in [-0.1, -0.05) is 12.1 Å². The van der Waals surface area contributed by atoms with Crippen LogP contribution in [0.2, 0.25) is 0 Å². The minimum atomic E-state index is -0.374. The van der Waals surface area contributed by atoms with Gasteiger partial charge >= 0.3 is 0 Å². The number of furan rings is 1. The average molecular weight is 387 g/mol. The lowest BCUT2D eigenvalue weighted by molar-refractivity contribution is -0.118. The van der Waals surface area contributed by atoms with E-state index in [-0.39, 0.29) is 24.2 Å². The van der Waals surface area contributed by atoms with Crippen molar-refractivity contribution in [1.29, 1.82) is 0 Å². The highest BCUT2D eigenvalue weighted by molar-refractivity contribution is 9.10. The molecule has 0 spiro atoms. The maximum absolute atomic E-state index is 12.4. The summed E-state index contributed by atoms with van der Waals surface area (Å²) >= 11 is 3.39. The van der Waals surface area contributed by atoms with Gasteiger partial charge in [-0.2, -0.15) is 0 Å². The third-order valence-corrected chi connectivity index (χ3v) is 4.21. The van der Waals surface area contributed by atoms with Crippen molar-refractivity contribution >= 4 is 50.1 Å². The number of carbonyl (C=O) groups excluding carboxylic acids is 2. The Morgan fingerprint density at radius 1 is 1.21 bits per heavy atom. The quantitative estimate of drug-likeness (QED) is 0.702. The first kappa shape index (κ1) is 14.8. The maximum Gasteiger partial charge on any atom is 0.291 e. The largest absolute Gasteiger partial charge is 0.482 e. The summed E-state index contributed by atoms with van der Waals surface area (Å²) in [4.78, 5) is 23.8. The predicted molar refractivity (Wildman–Crippen MR) is 92.4 cm³/mol. The fraction of sp³-hybridized carbons (Fsp3) is 0.0588. The number of anilines is 2. The smallest absolute Gasteiger partial charge is 0.291 e. The molecule has 0 fully saturated rings. The average Bonchev–Trinajstić information content (AvgIpc) is 3.00. The van der Waals surface area contributed by atoms with Crippen LogP contribution in [-0.4, -0.2) is 18.4 Å². The molecule has 2 aromatic carbocycles. The van der Waals surface area contributed by atoms with Crippen molar-refractivity contribution in [3.63, 3.8) is 0 Å². The summed E-state index contributed by atoms with van der Waals surface area (Å²) in [6.45, 7) is -0.00737. The highest BCUT2D eigenvalue weighted by atomic mass is 79.9. The van der Waals surface area contributed by atoms with Gasteiger partial charge in [0.1, 0.15) is 11.3 Å². The lowest BCUT2D eigenvalue weighted by Gasteiger charge is -2.18. The monoisotopic (exact) mass is 386 g/mol. The van der Waals surface area contributed by atoms with Crippen LogP contribution in [-0.2, 0) is 4.79 Å². The summed E-state index contributed by atoms with van der Waals surface area (Å²) in [6, 6.07) is 12.3. The van der Waals surface area contributed by atoms with Crippen LogP contribution in [0.4, 0.5) is 11.4 Å². The molecule has 0 bridgehead atoms. The van der Waals surface area contributed by atoms with E-state index in [1.54, 1.807) is 24.3 Å². The lowest BCUT2D eigenvalue weighted by atomic mass is 10.2. The van der Waals surface area contributed by atoms with Gasteiger partial charge < -0.3 is 19.8 Å². The van der Waals surface area contributed by atoms with Gasteiger partial charge in [0, 0.05) is 11.1 Å². The molecule has 2 heterocycles. The zero-order valence-electron chi connectivity index (χ0n) is 12.3. The molecule has 3 aromatic rings. The zero-order chi connectivity index (χ0) is 16.7. The van der Waals surface area contributed by atoms with Gasteiger partial charge in [0.2, 0.25) is 0 Å². The summed E-state index contributed by atoms with van der Waals surface area (Å²) in [5.74, 6) is 0.171. The molecule has 4 rings (SSSR count). The van der Waals surface area contributed by atoms with Crippen LogP contribution in [0.1, 0.15) is 10.6 Å². The number of nitrogens with one attached hydrogen (secondary N) is 2. The number of ether oxygens (including phenoxy) is 1. The van der Waals surface area contributed by atoms with E-state index in [9.17, 15) is 9.59 Å². The first-order valence-corrected chi connectivity index (χ1v) is 7.95. The van der Waals surface area contributed by atoms with Crippen LogP contribution >= 0.6 is 15.9 Å². The van der Waals surface area contributed by atoms with E-state index in [2.05, 4.69) is 26.6 Å².